The van der Waals surface area contributed by atoms with E-state index >= 15 is 0 Å². The monoisotopic (exact) mass is 606 g/mol. The molecule has 2 aliphatic rings. The highest BCUT2D eigenvalue weighted by Gasteiger charge is 2.89. The van der Waals surface area contributed by atoms with Crippen LogP contribution in [0.25, 0.3) is 0 Å². The van der Waals surface area contributed by atoms with Crippen LogP contribution in [-0.2, 0) is 38.2 Å². The molecule has 0 aromatic carbocycles. The Bertz CT molecular complexity index is 1060. The van der Waals surface area contributed by atoms with Gasteiger partial charge < -0.3 is 39.7 Å². The molecule has 16 heteroatoms. The highest BCUT2D eigenvalue weighted by molar-refractivity contribution is 6.42. The molecular weight excluding hydrogens is 579 g/mol. The smallest absolute Gasteiger partial charge is 0.273 e. The third-order valence-corrected chi connectivity index (χ3v) is 8.81. The number of ketones is 5. The van der Waals surface area contributed by atoms with Crippen molar-refractivity contribution in [3.05, 3.63) is 0 Å². The maximum absolute atomic E-state index is 13.4. The number of halogens is 3. The fraction of sp³-hybridized carbons (Fsp3) is 0.773. The van der Waals surface area contributed by atoms with Gasteiger partial charge in [-0.3, -0.25) is 24.0 Å². The average Bonchev–Trinajstić information content (AvgIpc) is 3.08. The van der Waals surface area contributed by atoms with Gasteiger partial charge in [-0.1, -0.05) is 0 Å². The summed E-state index contributed by atoms with van der Waals surface area (Å²) in [6.45, 7) is 1.57. The predicted molar refractivity (Wildman–Crippen MR) is 128 cm³/mol. The summed E-state index contributed by atoms with van der Waals surface area (Å²) in [5.74, 6) is -15.5. The molecule has 0 aromatic rings. The number of carbonyl (C=O) groups is 5. The van der Waals surface area contributed by atoms with Crippen LogP contribution in [0.5, 0.6) is 0 Å². The van der Waals surface area contributed by atoms with Gasteiger partial charge in [-0.15, -0.1) is 34.8 Å². The minimum absolute atomic E-state index is 0.467. The third-order valence-electron chi connectivity index (χ3n) is 7.29. The summed E-state index contributed by atoms with van der Waals surface area (Å²) in [5, 5.41) is 55.4. The topological polar surface area (TPSA) is 214 Å². The first-order chi connectivity index (χ1) is 17.2. The van der Waals surface area contributed by atoms with Crippen LogP contribution >= 0.6 is 34.8 Å². The molecule has 13 nitrogen and oxygen atoms in total. The normalized spacial score (nSPS) is 45.0. The van der Waals surface area contributed by atoms with E-state index in [9.17, 15) is 49.5 Å². The number of alkyl halides is 3. The molecule has 5 N–H and O–H groups in total. The van der Waals surface area contributed by atoms with E-state index in [0.717, 1.165) is 0 Å². The first kappa shape index (κ1) is 33.1. The maximum atomic E-state index is 13.4. The average molecular weight is 608 g/mol. The molecule has 2 saturated heterocycles. The molecule has 0 aromatic heterocycles. The first-order valence-electron chi connectivity index (χ1n) is 11.1. The number of aliphatic hydroxyl groups excluding tert-OH is 3. The molecule has 0 amide bonds. The lowest BCUT2D eigenvalue weighted by atomic mass is 9.55. The van der Waals surface area contributed by atoms with Crippen molar-refractivity contribution >= 4 is 63.7 Å². The summed E-state index contributed by atoms with van der Waals surface area (Å²) < 4.78 is 16.7. The summed E-state index contributed by atoms with van der Waals surface area (Å²) >= 11 is 18.2. The Balaban J connectivity index is 3.18. The molecule has 0 aliphatic carbocycles. The second-order valence-electron chi connectivity index (χ2n) is 9.36. The molecule has 0 radical (unpaired) electrons. The SMILES string of the molecule is CC(=O)[C@@]1(O[C@]2(CCl)O[C@H](CCl)[C@@H](O)[C@@H]2O)O[C@](CO)(C(C)=O)[C@@](Cl)(C(C)=O)[C@](O)(C(C)=O)[C@@]1(O)C(C)=O. The summed E-state index contributed by atoms with van der Waals surface area (Å²) in [7, 11) is 0. The van der Waals surface area contributed by atoms with Gasteiger partial charge in [-0.25, -0.2) is 0 Å². The van der Waals surface area contributed by atoms with Crippen molar-refractivity contribution in [2.45, 2.75) is 86.2 Å². The van der Waals surface area contributed by atoms with E-state index in [-0.39, 0.29) is 0 Å². The van der Waals surface area contributed by atoms with Gasteiger partial charge in [0.05, 0.1) is 18.4 Å². The lowest BCUT2D eigenvalue weighted by Crippen LogP contribution is -2.94. The van der Waals surface area contributed by atoms with Gasteiger partial charge in [0.2, 0.25) is 11.4 Å². The van der Waals surface area contributed by atoms with Gasteiger partial charge in [-0.05, 0) is 27.7 Å². The van der Waals surface area contributed by atoms with E-state index in [1.807, 2.05) is 0 Å². The van der Waals surface area contributed by atoms with E-state index < -0.39 is 98.8 Å². The Kier molecular flexibility index (Phi) is 9.05. The summed E-state index contributed by atoms with van der Waals surface area (Å²) in [6, 6.07) is 0. The zero-order chi connectivity index (χ0) is 29.9. The maximum Gasteiger partial charge on any atom is 0.273 e. The van der Waals surface area contributed by atoms with Gasteiger partial charge in [0, 0.05) is 6.92 Å². The van der Waals surface area contributed by atoms with E-state index in [4.69, 9.17) is 49.0 Å². The Morgan fingerprint density at radius 3 is 1.63 bits per heavy atom. The standard InChI is InChI=1S/C22H29Cl3O13/c1-9(27)17(8-26)19(25,10(2)28)20(34,11(3)29)21(35,12(4)30)22(37-17,13(5)31)38-18(7-24)16(33)15(32)14(6-23)36-18/h14-16,26,32-35H,6-8H2,1-5H3/t14-,15-,16+,17-,18+,19+,20-,21+,22+/m1/s1. The van der Waals surface area contributed by atoms with Gasteiger partial charge in [-0.2, -0.15) is 0 Å². The number of rotatable bonds is 10. The summed E-state index contributed by atoms with van der Waals surface area (Å²) in [6.07, 6.45) is -5.40. The largest absolute Gasteiger partial charge is 0.393 e. The quantitative estimate of drug-likeness (QED) is 0.173. The molecule has 2 fully saturated rings. The van der Waals surface area contributed by atoms with Crippen molar-refractivity contribution in [2.24, 2.45) is 0 Å². The highest BCUT2D eigenvalue weighted by Crippen LogP contribution is 2.60. The Morgan fingerprint density at radius 2 is 1.34 bits per heavy atom. The van der Waals surface area contributed by atoms with Crippen LogP contribution in [0.3, 0.4) is 0 Å². The molecule has 0 spiro atoms. The zero-order valence-corrected chi connectivity index (χ0v) is 23.3. The third kappa shape index (κ3) is 3.72. The van der Waals surface area contributed by atoms with E-state index in [2.05, 4.69) is 0 Å². The minimum Gasteiger partial charge on any atom is -0.393 e. The zero-order valence-electron chi connectivity index (χ0n) is 21.0. The number of carbonyl (C=O) groups excluding carboxylic acids is 5. The van der Waals surface area contributed by atoms with Crippen molar-refractivity contribution < 1.29 is 63.7 Å². The summed E-state index contributed by atoms with van der Waals surface area (Å²) in [5.41, 5.74) is -11.1. The molecule has 0 unspecified atom stereocenters. The van der Waals surface area contributed by atoms with E-state index in [1.54, 1.807) is 0 Å². The van der Waals surface area contributed by atoms with Crippen molar-refractivity contribution in [2.75, 3.05) is 18.4 Å². The van der Waals surface area contributed by atoms with Gasteiger partial charge in [0.1, 0.15) is 18.3 Å². The van der Waals surface area contributed by atoms with E-state index in [1.165, 1.54) is 0 Å². The second kappa shape index (κ2) is 10.4. The number of ether oxygens (including phenoxy) is 3. The molecule has 0 bridgehead atoms. The molecule has 9 atom stereocenters. The van der Waals surface area contributed by atoms with Gasteiger partial charge >= 0.3 is 0 Å². The van der Waals surface area contributed by atoms with Crippen molar-refractivity contribution in [1.82, 2.24) is 0 Å². The van der Waals surface area contributed by atoms with Gasteiger partial charge in [0.15, 0.2) is 45.0 Å². The van der Waals surface area contributed by atoms with Crippen LogP contribution in [0.1, 0.15) is 34.6 Å². The second-order valence-corrected chi connectivity index (χ2v) is 10.5. The Hall–Kier alpha value is -1.10. The fourth-order valence-corrected chi connectivity index (χ4v) is 6.22. The van der Waals surface area contributed by atoms with Gasteiger partial charge in [0.25, 0.3) is 5.79 Å². The van der Waals surface area contributed by atoms with Crippen LogP contribution in [0.4, 0.5) is 0 Å². The fourth-order valence-electron chi connectivity index (χ4n) is 5.20. The number of hydrogen-bond acceptors (Lipinski definition) is 13. The number of aliphatic hydroxyl groups is 5. The molecular formula is C22H29Cl3O13. The van der Waals surface area contributed by atoms with Crippen molar-refractivity contribution in [1.29, 1.82) is 0 Å². The van der Waals surface area contributed by atoms with Crippen LogP contribution in [-0.4, -0.2) is 124 Å². The molecule has 216 valence electrons. The van der Waals surface area contributed by atoms with E-state index in [0.29, 0.717) is 34.6 Å². The lowest BCUT2D eigenvalue weighted by molar-refractivity contribution is -0.432. The molecule has 38 heavy (non-hydrogen) atoms. The van der Waals surface area contributed by atoms with Crippen LogP contribution in [0.15, 0.2) is 0 Å². The Labute approximate surface area is 231 Å². The molecule has 2 aliphatic heterocycles. The number of hydrogen-bond donors (Lipinski definition) is 5. The predicted octanol–water partition coefficient (Wildman–Crippen LogP) is -1.86. The first-order valence-corrected chi connectivity index (χ1v) is 12.5. The summed E-state index contributed by atoms with van der Waals surface area (Å²) in [4.78, 5) is 62.2. The van der Waals surface area contributed by atoms with Crippen molar-refractivity contribution in [3.8, 4) is 0 Å². The molecule has 2 heterocycles. The molecule has 0 saturated carbocycles. The van der Waals surface area contributed by atoms with Crippen LogP contribution in [0.2, 0.25) is 0 Å². The Morgan fingerprint density at radius 1 is 0.842 bits per heavy atom. The lowest BCUT2D eigenvalue weighted by Gasteiger charge is -2.65. The van der Waals surface area contributed by atoms with Crippen molar-refractivity contribution in [3.63, 3.8) is 0 Å². The molecule has 2 rings (SSSR count). The highest BCUT2D eigenvalue weighted by atomic mass is 35.5. The van der Waals surface area contributed by atoms with Crippen LogP contribution in [0, 0.1) is 0 Å². The minimum atomic E-state index is -3.97. The number of Topliss-reactive ketones (excluding diaryl/α,β-unsaturated/α-hetero) is 5. The van der Waals surface area contributed by atoms with Crippen LogP contribution < -0.4 is 0 Å².